The smallest absolute Gasteiger partial charge is 0.141 e. The minimum absolute atomic E-state index is 0.0941. The van der Waals surface area contributed by atoms with Gasteiger partial charge in [-0.3, -0.25) is 9.98 Å². The molecular formula is C12H9ClN2O. The molecule has 0 saturated heterocycles. The van der Waals surface area contributed by atoms with Gasteiger partial charge >= 0.3 is 0 Å². The molecule has 1 aromatic heterocycles. The van der Waals surface area contributed by atoms with Crippen LogP contribution in [0.25, 0.3) is 0 Å². The highest BCUT2D eigenvalue weighted by Gasteiger charge is 1.99. The number of aliphatic imine (C=N–C) groups is 1. The molecule has 0 fully saturated rings. The number of phenolic OH excluding ortho intramolecular Hbond substituents is 1. The van der Waals surface area contributed by atoms with Crippen molar-refractivity contribution < 1.29 is 5.11 Å². The molecule has 16 heavy (non-hydrogen) atoms. The summed E-state index contributed by atoms with van der Waals surface area (Å²) in [6.45, 7) is 0. The van der Waals surface area contributed by atoms with Crippen LogP contribution in [0, 0.1) is 0 Å². The first kappa shape index (κ1) is 10.6. The van der Waals surface area contributed by atoms with Gasteiger partial charge in [0.25, 0.3) is 0 Å². The largest absolute Gasteiger partial charge is 0.506 e. The Morgan fingerprint density at radius 2 is 2.12 bits per heavy atom. The van der Waals surface area contributed by atoms with Crippen molar-refractivity contribution in [2.75, 3.05) is 0 Å². The van der Waals surface area contributed by atoms with E-state index in [1.807, 2.05) is 18.2 Å². The second-order valence-electron chi connectivity index (χ2n) is 3.15. The molecule has 80 valence electrons. The van der Waals surface area contributed by atoms with Crippen LogP contribution in [0.3, 0.4) is 0 Å². The number of aromatic hydroxyl groups is 1. The molecule has 2 aromatic rings. The highest BCUT2D eigenvalue weighted by Crippen LogP contribution is 2.28. The van der Waals surface area contributed by atoms with E-state index in [0.717, 1.165) is 5.69 Å². The number of hydrogen-bond donors (Lipinski definition) is 1. The minimum Gasteiger partial charge on any atom is -0.506 e. The molecule has 1 aromatic carbocycles. The van der Waals surface area contributed by atoms with Crippen LogP contribution in [0.4, 0.5) is 5.69 Å². The van der Waals surface area contributed by atoms with Gasteiger partial charge in [-0.15, -0.1) is 0 Å². The number of aromatic nitrogens is 1. The Kier molecular flexibility index (Phi) is 3.17. The van der Waals surface area contributed by atoms with Gasteiger partial charge in [-0.25, -0.2) is 0 Å². The van der Waals surface area contributed by atoms with Gasteiger partial charge in [-0.2, -0.15) is 0 Å². The Morgan fingerprint density at radius 3 is 2.88 bits per heavy atom. The Morgan fingerprint density at radius 1 is 1.25 bits per heavy atom. The maximum atomic E-state index is 9.52. The number of phenols is 1. The average Bonchev–Trinajstić information content (AvgIpc) is 2.32. The molecule has 0 bridgehead atoms. The first-order valence-corrected chi connectivity index (χ1v) is 5.07. The summed E-state index contributed by atoms with van der Waals surface area (Å²) in [6, 6.07) is 10.2. The summed E-state index contributed by atoms with van der Waals surface area (Å²) in [7, 11) is 0. The highest BCUT2D eigenvalue weighted by molar-refractivity contribution is 6.30. The highest BCUT2D eigenvalue weighted by atomic mass is 35.5. The van der Waals surface area contributed by atoms with Crippen LogP contribution in [-0.2, 0) is 0 Å². The van der Waals surface area contributed by atoms with Crippen molar-refractivity contribution in [3.63, 3.8) is 0 Å². The predicted molar refractivity (Wildman–Crippen MR) is 64.6 cm³/mol. The van der Waals surface area contributed by atoms with Crippen molar-refractivity contribution in [2.45, 2.75) is 0 Å². The van der Waals surface area contributed by atoms with Crippen LogP contribution in [0.1, 0.15) is 5.69 Å². The van der Waals surface area contributed by atoms with Gasteiger partial charge in [0.1, 0.15) is 11.4 Å². The number of pyridine rings is 1. The van der Waals surface area contributed by atoms with E-state index in [4.69, 9.17) is 11.6 Å². The molecule has 1 N–H and O–H groups in total. The number of nitrogens with zero attached hydrogens (tertiary/aromatic N) is 2. The predicted octanol–water partition coefficient (Wildman–Crippen LogP) is 3.19. The van der Waals surface area contributed by atoms with E-state index in [2.05, 4.69) is 9.98 Å². The quantitative estimate of drug-likeness (QED) is 0.809. The molecule has 0 saturated carbocycles. The maximum Gasteiger partial charge on any atom is 0.141 e. The van der Waals surface area contributed by atoms with E-state index < -0.39 is 0 Å². The van der Waals surface area contributed by atoms with Gasteiger partial charge < -0.3 is 5.11 Å². The molecule has 0 aliphatic heterocycles. The van der Waals surface area contributed by atoms with Crippen molar-refractivity contribution in [3.05, 3.63) is 53.3 Å². The van der Waals surface area contributed by atoms with E-state index in [-0.39, 0.29) is 5.75 Å². The van der Waals surface area contributed by atoms with Crippen molar-refractivity contribution >= 4 is 23.5 Å². The van der Waals surface area contributed by atoms with Gasteiger partial charge in [-0.1, -0.05) is 17.7 Å². The summed E-state index contributed by atoms with van der Waals surface area (Å²) in [5.41, 5.74) is 1.15. The van der Waals surface area contributed by atoms with Crippen LogP contribution in [-0.4, -0.2) is 16.3 Å². The summed E-state index contributed by atoms with van der Waals surface area (Å²) in [5.74, 6) is 0.0941. The third-order valence-corrected chi connectivity index (χ3v) is 2.20. The third-order valence-electron chi connectivity index (χ3n) is 1.96. The molecule has 0 atom stereocenters. The van der Waals surface area contributed by atoms with E-state index in [0.29, 0.717) is 10.7 Å². The average molecular weight is 233 g/mol. The topological polar surface area (TPSA) is 45.5 Å². The van der Waals surface area contributed by atoms with E-state index in [1.165, 1.54) is 6.07 Å². The van der Waals surface area contributed by atoms with Crippen LogP contribution in [0.2, 0.25) is 5.02 Å². The van der Waals surface area contributed by atoms with Crippen molar-refractivity contribution in [3.8, 4) is 5.75 Å². The Labute approximate surface area is 98.1 Å². The second kappa shape index (κ2) is 4.77. The third kappa shape index (κ3) is 2.58. The maximum absolute atomic E-state index is 9.52. The van der Waals surface area contributed by atoms with Crippen molar-refractivity contribution in [2.24, 2.45) is 4.99 Å². The lowest BCUT2D eigenvalue weighted by atomic mass is 10.3. The monoisotopic (exact) mass is 232 g/mol. The number of halogens is 1. The van der Waals surface area contributed by atoms with Crippen LogP contribution >= 0.6 is 11.6 Å². The number of benzene rings is 1. The molecule has 0 radical (unpaired) electrons. The fourth-order valence-electron chi connectivity index (χ4n) is 1.19. The van der Waals surface area contributed by atoms with Gasteiger partial charge in [0, 0.05) is 11.2 Å². The van der Waals surface area contributed by atoms with Crippen molar-refractivity contribution in [1.82, 2.24) is 4.98 Å². The molecule has 3 nitrogen and oxygen atoms in total. The van der Waals surface area contributed by atoms with Gasteiger partial charge in [0.05, 0.1) is 11.9 Å². The second-order valence-corrected chi connectivity index (χ2v) is 3.58. The van der Waals surface area contributed by atoms with Crippen LogP contribution in [0.15, 0.2) is 47.6 Å². The molecule has 2 rings (SSSR count). The van der Waals surface area contributed by atoms with E-state index in [9.17, 15) is 5.11 Å². The molecule has 0 aliphatic rings. The molecular weight excluding hydrogens is 224 g/mol. The molecule has 0 unspecified atom stereocenters. The summed E-state index contributed by atoms with van der Waals surface area (Å²) >= 11 is 5.80. The zero-order valence-electron chi connectivity index (χ0n) is 8.34. The normalized spacial score (nSPS) is 10.8. The summed E-state index contributed by atoms with van der Waals surface area (Å²) in [5, 5.41) is 10.1. The molecule has 1 heterocycles. The number of hydrogen-bond acceptors (Lipinski definition) is 3. The fraction of sp³-hybridized carbons (Fsp3) is 0. The van der Waals surface area contributed by atoms with Gasteiger partial charge in [0.2, 0.25) is 0 Å². The first-order chi connectivity index (χ1) is 7.75. The summed E-state index contributed by atoms with van der Waals surface area (Å²) in [4.78, 5) is 8.20. The van der Waals surface area contributed by atoms with Gasteiger partial charge in [-0.05, 0) is 30.3 Å². The number of rotatable bonds is 2. The summed E-state index contributed by atoms with van der Waals surface area (Å²) < 4.78 is 0. The zero-order valence-corrected chi connectivity index (χ0v) is 9.09. The molecule has 0 aliphatic carbocycles. The molecule has 4 heteroatoms. The lowest BCUT2D eigenvalue weighted by molar-refractivity contribution is 0.477. The molecule has 0 amide bonds. The SMILES string of the molecule is Oc1ccc(Cl)cc1N=Cc1ccccn1. The van der Waals surface area contributed by atoms with Crippen LogP contribution in [0.5, 0.6) is 5.75 Å². The summed E-state index contributed by atoms with van der Waals surface area (Å²) in [6.07, 6.45) is 3.25. The lowest BCUT2D eigenvalue weighted by Gasteiger charge is -1.98. The van der Waals surface area contributed by atoms with Crippen molar-refractivity contribution in [1.29, 1.82) is 0 Å². The van der Waals surface area contributed by atoms with E-state index in [1.54, 1.807) is 24.5 Å². The Hall–Kier alpha value is -1.87. The standard InChI is InChI=1S/C12H9ClN2O/c13-9-4-5-12(16)11(7-9)15-8-10-3-1-2-6-14-10/h1-8,16H. The minimum atomic E-state index is 0.0941. The lowest BCUT2D eigenvalue weighted by Crippen LogP contribution is -1.83. The zero-order chi connectivity index (χ0) is 11.4. The molecule has 0 spiro atoms. The first-order valence-electron chi connectivity index (χ1n) is 4.69. The van der Waals surface area contributed by atoms with Crippen LogP contribution < -0.4 is 0 Å². The Balaban J connectivity index is 2.27. The Bertz CT molecular complexity index is 512. The van der Waals surface area contributed by atoms with Gasteiger partial charge in [0.15, 0.2) is 0 Å². The fourth-order valence-corrected chi connectivity index (χ4v) is 1.35. The van der Waals surface area contributed by atoms with E-state index >= 15 is 0 Å².